The fourth-order valence-electron chi connectivity index (χ4n) is 9.67. The molecule has 1 amide bonds. The molecular formula is C59H117NO5. The van der Waals surface area contributed by atoms with Gasteiger partial charge in [0.15, 0.2) is 0 Å². The number of carbonyl (C=O) groups is 2. The number of hydrogen-bond donors (Lipinski definition) is 3. The van der Waals surface area contributed by atoms with Crippen LogP contribution in [0.15, 0.2) is 0 Å². The molecule has 0 aliphatic rings. The van der Waals surface area contributed by atoms with Crippen molar-refractivity contribution in [2.45, 2.75) is 360 Å². The van der Waals surface area contributed by atoms with Crippen LogP contribution in [0.3, 0.4) is 0 Å². The number of rotatable bonds is 55. The maximum Gasteiger partial charge on any atom is 0.306 e. The van der Waals surface area contributed by atoms with Crippen LogP contribution < -0.4 is 5.32 Å². The van der Waals surface area contributed by atoms with E-state index in [1.165, 1.54) is 257 Å². The number of nitrogens with one attached hydrogen (secondary N) is 1. The van der Waals surface area contributed by atoms with Gasteiger partial charge in [0.1, 0.15) is 6.10 Å². The Balaban J connectivity index is 4.43. The molecule has 0 saturated heterocycles. The Bertz CT molecular complexity index is 944. The lowest BCUT2D eigenvalue weighted by atomic mass is 10.0. The first-order valence-corrected chi connectivity index (χ1v) is 29.8. The third-order valence-corrected chi connectivity index (χ3v) is 14.2. The Morgan fingerprint density at radius 2 is 0.646 bits per heavy atom. The van der Waals surface area contributed by atoms with Gasteiger partial charge in [-0.2, -0.15) is 0 Å². The molecule has 0 aromatic carbocycles. The van der Waals surface area contributed by atoms with Gasteiger partial charge in [-0.3, -0.25) is 9.59 Å². The van der Waals surface area contributed by atoms with Crippen LogP contribution in [-0.2, 0) is 14.3 Å². The Hall–Kier alpha value is -1.14. The smallest absolute Gasteiger partial charge is 0.306 e. The van der Waals surface area contributed by atoms with E-state index in [4.69, 9.17) is 4.74 Å². The first kappa shape index (κ1) is 63.9. The van der Waals surface area contributed by atoms with Crippen molar-refractivity contribution in [2.24, 2.45) is 0 Å². The Kier molecular flexibility index (Phi) is 52.9. The molecular weight excluding hydrogens is 803 g/mol. The summed E-state index contributed by atoms with van der Waals surface area (Å²) in [4.78, 5) is 26.3. The quantitative estimate of drug-likeness (QED) is 0.0417. The molecule has 0 spiro atoms. The number of amides is 1. The molecule has 0 fully saturated rings. The molecule has 65 heavy (non-hydrogen) atoms. The van der Waals surface area contributed by atoms with E-state index in [0.717, 1.165) is 38.5 Å². The molecule has 0 heterocycles. The second kappa shape index (κ2) is 53.8. The van der Waals surface area contributed by atoms with Crippen LogP contribution in [0.2, 0.25) is 0 Å². The van der Waals surface area contributed by atoms with Gasteiger partial charge in [0.2, 0.25) is 5.91 Å². The van der Waals surface area contributed by atoms with E-state index in [1.54, 1.807) is 0 Å². The second-order valence-electron chi connectivity index (χ2n) is 20.8. The summed E-state index contributed by atoms with van der Waals surface area (Å²) >= 11 is 0. The SMILES string of the molecule is CCCCCCCCCCCCCCCCCCCC(O)C(CO)NC(=O)CC(CCCCCCCCCCCCCCC)OC(=O)CCCCCCCCCCCCCCCCCC. The summed E-state index contributed by atoms with van der Waals surface area (Å²) < 4.78 is 5.97. The number of aliphatic hydroxyl groups excluding tert-OH is 2. The van der Waals surface area contributed by atoms with Crippen LogP contribution in [-0.4, -0.2) is 46.9 Å². The topological polar surface area (TPSA) is 95.9 Å². The van der Waals surface area contributed by atoms with Crippen LogP contribution in [0.1, 0.15) is 342 Å². The molecule has 0 bridgehead atoms. The van der Waals surface area contributed by atoms with Gasteiger partial charge in [-0.15, -0.1) is 0 Å². The second-order valence-corrected chi connectivity index (χ2v) is 20.8. The highest BCUT2D eigenvalue weighted by Gasteiger charge is 2.24. The van der Waals surface area contributed by atoms with Gasteiger partial charge in [0.05, 0.1) is 25.2 Å². The molecule has 0 rings (SSSR count). The minimum atomic E-state index is -0.780. The van der Waals surface area contributed by atoms with Crippen molar-refractivity contribution in [2.75, 3.05) is 6.61 Å². The molecule has 388 valence electrons. The summed E-state index contributed by atoms with van der Waals surface area (Å²) in [6, 6.07) is -0.693. The predicted molar refractivity (Wildman–Crippen MR) is 283 cm³/mol. The average Bonchev–Trinajstić information content (AvgIpc) is 3.30. The number of unbranched alkanes of at least 4 members (excludes halogenated alkanes) is 43. The number of esters is 1. The lowest BCUT2D eigenvalue weighted by Gasteiger charge is -2.24. The van der Waals surface area contributed by atoms with Crippen LogP contribution in [0, 0.1) is 0 Å². The van der Waals surface area contributed by atoms with Crippen molar-refractivity contribution >= 4 is 11.9 Å². The molecule has 6 nitrogen and oxygen atoms in total. The van der Waals surface area contributed by atoms with Crippen molar-refractivity contribution in [1.82, 2.24) is 5.32 Å². The molecule has 0 aliphatic heterocycles. The van der Waals surface area contributed by atoms with E-state index in [2.05, 4.69) is 26.1 Å². The highest BCUT2D eigenvalue weighted by Crippen LogP contribution is 2.19. The van der Waals surface area contributed by atoms with E-state index in [-0.39, 0.29) is 24.9 Å². The fourth-order valence-corrected chi connectivity index (χ4v) is 9.67. The molecule has 0 saturated carbocycles. The third kappa shape index (κ3) is 49.1. The minimum absolute atomic E-state index is 0.0886. The minimum Gasteiger partial charge on any atom is -0.462 e. The summed E-state index contributed by atoms with van der Waals surface area (Å²) in [5, 5.41) is 23.9. The summed E-state index contributed by atoms with van der Waals surface area (Å²) in [5.41, 5.74) is 0. The average molecular weight is 921 g/mol. The molecule has 3 N–H and O–H groups in total. The van der Waals surface area contributed by atoms with Crippen molar-refractivity contribution < 1.29 is 24.5 Å². The van der Waals surface area contributed by atoms with Gasteiger partial charge in [-0.25, -0.2) is 0 Å². The fraction of sp³-hybridized carbons (Fsp3) is 0.966. The highest BCUT2D eigenvalue weighted by molar-refractivity contribution is 5.77. The zero-order chi connectivity index (χ0) is 47.4. The van der Waals surface area contributed by atoms with Crippen molar-refractivity contribution in [1.29, 1.82) is 0 Å². The standard InChI is InChI=1S/C59H117NO5/c1-4-7-10-13-16-19-22-25-27-29-30-33-36-39-42-45-48-51-57(62)56(54-61)60-58(63)53-55(50-47-44-41-38-35-32-24-21-18-15-12-9-6-3)65-59(64)52-49-46-43-40-37-34-31-28-26-23-20-17-14-11-8-5-2/h55-57,61-62H,4-54H2,1-3H3,(H,60,63). The van der Waals surface area contributed by atoms with Crippen LogP contribution in [0.4, 0.5) is 0 Å². The normalized spacial score (nSPS) is 13.0. The molecule has 3 unspecified atom stereocenters. The Morgan fingerprint density at radius 1 is 0.385 bits per heavy atom. The summed E-state index contributed by atoms with van der Waals surface area (Å²) in [7, 11) is 0. The van der Waals surface area contributed by atoms with E-state index < -0.39 is 18.2 Å². The monoisotopic (exact) mass is 920 g/mol. The molecule has 0 aliphatic carbocycles. The van der Waals surface area contributed by atoms with Gasteiger partial charge in [-0.05, 0) is 25.7 Å². The van der Waals surface area contributed by atoms with E-state index in [1.807, 2.05) is 0 Å². The molecule has 3 atom stereocenters. The lowest BCUT2D eigenvalue weighted by Crippen LogP contribution is -2.46. The zero-order valence-electron chi connectivity index (χ0n) is 44.4. The first-order valence-electron chi connectivity index (χ1n) is 29.8. The van der Waals surface area contributed by atoms with Crippen molar-refractivity contribution in [3.05, 3.63) is 0 Å². The van der Waals surface area contributed by atoms with Gasteiger partial charge in [0.25, 0.3) is 0 Å². The van der Waals surface area contributed by atoms with Crippen LogP contribution in [0.5, 0.6) is 0 Å². The third-order valence-electron chi connectivity index (χ3n) is 14.2. The summed E-state index contributed by atoms with van der Waals surface area (Å²) in [6.07, 6.45) is 60.3. The lowest BCUT2D eigenvalue weighted by molar-refractivity contribution is -0.151. The predicted octanol–water partition coefficient (Wildman–Crippen LogP) is 18.3. The van der Waals surface area contributed by atoms with Gasteiger partial charge >= 0.3 is 5.97 Å². The maximum absolute atomic E-state index is 13.3. The summed E-state index contributed by atoms with van der Waals surface area (Å²) in [6.45, 7) is 6.54. The molecule has 0 aromatic rings. The molecule has 0 aromatic heterocycles. The summed E-state index contributed by atoms with van der Waals surface area (Å²) in [5.74, 6) is -0.444. The Morgan fingerprint density at radius 3 is 0.938 bits per heavy atom. The van der Waals surface area contributed by atoms with Gasteiger partial charge in [-0.1, -0.05) is 303 Å². The largest absolute Gasteiger partial charge is 0.462 e. The van der Waals surface area contributed by atoms with Gasteiger partial charge in [0, 0.05) is 6.42 Å². The number of ether oxygens (including phenoxy) is 1. The number of aliphatic hydroxyl groups is 2. The highest BCUT2D eigenvalue weighted by atomic mass is 16.5. The molecule has 6 heteroatoms. The first-order chi connectivity index (χ1) is 32.0. The van der Waals surface area contributed by atoms with Crippen molar-refractivity contribution in [3.63, 3.8) is 0 Å². The van der Waals surface area contributed by atoms with Crippen LogP contribution >= 0.6 is 0 Å². The number of carbonyl (C=O) groups excluding carboxylic acids is 2. The maximum atomic E-state index is 13.3. The molecule has 0 radical (unpaired) electrons. The van der Waals surface area contributed by atoms with Crippen LogP contribution in [0.25, 0.3) is 0 Å². The van der Waals surface area contributed by atoms with E-state index in [0.29, 0.717) is 19.3 Å². The van der Waals surface area contributed by atoms with Crippen molar-refractivity contribution in [3.8, 4) is 0 Å². The Labute approximate surface area is 406 Å². The van der Waals surface area contributed by atoms with E-state index in [9.17, 15) is 19.8 Å². The zero-order valence-corrected chi connectivity index (χ0v) is 44.4. The van der Waals surface area contributed by atoms with E-state index >= 15 is 0 Å². The number of hydrogen-bond acceptors (Lipinski definition) is 5. The van der Waals surface area contributed by atoms with Gasteiger partial charge < -0.3 is 20.3 Å².